The molecule has 0 bridgehead atoms. The van der Waals surface area contributed by atoms with Crippen molar-refractivity contribution in [1.29, 1.82) is 0 Å². The summed E-state index contributed by atoms with van der Waals surface area (Å²) in [6, 6.07) is 9.15. The van der Waals surface area contributed by atoms with Gasteiger partial charge in [0.25, 0.3) is 0 Å². The predicted molar refractivity (Wildman–Crippen MR) is 137 cm³/mol. The number of benzene rings is 1. The lowest BCUT2D eigenvalue weighted by Crippen LogP contribution is -2.32. The Labute approximate surface area is 205 Å². The molecule has 5 aromatic rings. The number of fused-ring (bicyclic) bond motifs is 2. The van der Waals surface area contributed by atoms with Gasteiger partial charge in [0.2, 0.25) is 0 Å². The predicted octanol–water partition coefficient (Wildman–Crippen LogP) is 4.82. The van der Waals surface area contributed by atoms with Gasteiger partial charge in [-0.1, -0.05) is 19.9 Å². The first kappa shape index (κ1) is 22.0. The van der Waals surface area contributed by atoms with Gasteiger partial charge in [-0.25, -0.2) is 4.98 Å². The highest BCUT2D eigenvalue weighted by Crippen LogP contribution is 2.39. The lowest BCUT2D eigenvalue weighted by Gasteiger charge is -2.31. The van der Waals surface area contributed by atoms with Gasteiger partial charge in [0.05, 0.1) is 12.2 Å². The molecule has 8 heteroatoms. The molecular formula is C27H32N8. The van der Waals surface area contributed by atoms with E-state index in [-0.39, 0.29) is 0 Å². The third kappa shape index (κ3) is 4.01. The van der Waals surface area contributed by atoms with Gasteiger partial charge in [-0.2, -0.15) is 5.10 Å². The van der Waals surface area contributed by atoms with Crippen LogP contribution in [0.25, 0.3) is 27.8 Å². The molecule has 8 nitrogen and oxygen atoms in total. The molecule has 0 aliphatic carbocycles. The molecule has 1 N–H and O–H groups in total. The highest BCUT2D eigenvalue weighted by Gasteiger charge is 2.24. The van der Waals surface area contributed by atoms with Gasteiger partial charge < -0.3 is 4.98 Å². The van der Waals surface area contributed by atoms with Crippen LogP contribution in [0.3, 0.4) is 0 Å². The second kappa shape index (κ2) is 8.61. The molecule has 1 aliphatic heterocycles. The fraction of sp³-hybridized carbons (Fsp3) is 0.407. The van der Waals surface area contributed by atoms with Gasteiger partial charge in [-0.3, -0.25) is 14.0 Å². The van der Waals surface area contributed by atoms with Crippen molar-refractivity contribution < 1.29 is 0 Å². The lowest BCUT2D eigenvalue weighted by atomic mass is 9.87. The van der Waals surface area contributed by atoms with E-state index in [1.165, 1.54) is 38.9 Å². The summed E-state index contributed by atoms with van der Waals surface area (Å²) in [6.07, 6.45) is 8.02. The number of hydrogen-bond donors (Lipinski definition) is 1. The van der Waals surface area contributed by atoms with E-state index >= 15 is 0 Å². The summed E-state index contributed by atoms with van der Waals surface area (Å²) in [7, 11) is 1.92. The number of nitrogens with zero attached hydrogens (tertiary/aromatic N) is 7. The van der Waals surface area contributed by atoms with Crippen LogP contribution in [0, 0.1) is 6.92 Å². The normalized spacial score (nSPS) is 15.7. The van der Waals surface area contributed by atoms with Crippen LogP contribution in [-0.4, -0.2) is 52.3 Å². The molecule has 1 fully saturated rings. The highest BCUT2D eigenvalue weighted by molar-refractivity contribution is 5.92. The van der Waals surface area contributed by atoms with Crippen LogP contribution in [0.1, 0.15) is 61.0 Å². The summed E-state index contributed by atoms with van der Waals surface area (Å²) >= 11 is 0. The smallest absolute Gasteiger partial charge is 0.164 e. The average molecular weight is 469 g/mol. The topological polar surface area (TPSA) is 79.9 Å². The molecule has 4 aromatic heterocycles. The van der Waals surface area contributed by atoms with E-state index in [0.717, 1.165) is 43.9 Å². The molecule has 1 aromatic carbocycles. The Kier molecular flexibility index (Phi) is 5.40. The molecule has 0 atom stereocenters. The molecule has 5 heterocycles. The fourth-order valence-electron chi connectivity index (χ4n) is 5.61. The zero-order chi connectivity index (χ0) is 24.1. The SMILES string of the molecule is Cc1cc2nncn2cc1-c1[nH]c2ccc(C3CCN(Cc4ncn(C)n4)CC3)cc2c1C(C)C. The Morgan fingerprint density at radius 1 is 1.11 bits per heavy atom. The molecule has 35 heavy (non-hydrogen) atoms. The van der Waals surface area contributed by atoms with Crippen molar-refractivity contribution >= 4 is 16.6 Å². The van der Waals surface area contributed by atoms with E-state index < -0.39 is 0 Å². The summed E-state index contributed by atoms with van der Waals surface area (Å²) in [6.45, 7) is 9.72. The second-order valence-corrected chi connectivity index (χ2v) is 10.2. The third-order valence-corrected chi connectivity index (χ3v) is 7.42. The van der Waals surface area contributed by atoms with Crippen LogP contribution in [-0.2, 0) is 13.6 Å². The summed E-state index contributed by atoms with van der Waals surface area (Å²) in [5.74, 6) is 1.90. The maximum absolute atomic E-state index is 4.44. The zero-order valence-corrected chi connectivity index (χ0v) is 20.9. The third-order valence-electron chi connectivity index (χ3n) is 7.42. The minimum Gasteiger partial charge on any atom is -0.354 e. The number of pyridine rings is 1. The minimum atomic E-state index is 0.401. The lowest BCUT2D eigenvalue weighted by molar-refractivity contribution is 0.200. The number of nitrogens with one attached hydrogen (secondary N) is 1. The number of aromatic nitrogens is 7. The van der Waals surface area contributed by atoms with Crippen molar-refractivity contribution in [3.8, 4) is 11.3 Å². The van der Waals surface area contributed by atoms with Gasteiger partial charge in [0, 0.05) is 29.7 Å². The number of likely N-dealkylation sites (tertiary alicyclic amines) is 1. The van der Waals surface area contributed by atoms with Crippen molar-refractivity contribution in [2.75, 3.05) is 13.1 Å². The number of aryl methyl sites for hydroxylation is 2. The minimum absolute atomic E-state index is 0.401. The zero-order valence-electron chi connectivity index (χ0n) is 20.9. The first-order valence-electron chi connectivity index (χ1n) is 12.5. The van der Waals surface area contributed by atoms with Crippen LogP contribution in [0.5, 0.6) is 0 Å². The fourth-order valence-corrected chi connectivity index (χ4v) is 5.61. The number of piperidine rings is 1. The Balaban J connectivity index is 1.30. The Morgan fingerprint density at radius 3 is 2.69 bits per heavy atom. The number of hydrogen-bond acceptors (Lipinski definition) is 5. The van der Waals surface area contributed by atoms with E-state index in [4.69, 9.17) is 0 Å². The van der Waals surface area contributed by atoms with Crippen molar-refractivity contribution in [2.24, 2.45) is 7.05 Å². The summed E-state index contributed by atoms with van der Waals surface area (Å²) in [4.78, 5) is 10.6. The standard InChI is InChI=1S/C27H32N8/c1-17(2)26-21-12-20(19-7-9-34(10-8-19)14-24-28-15-33(4)32-24)5-6-23(21)30-27(26)22-13-35-16-29-31-25(35)11-18(22)3/h5-6,11-13,15-17,19,30H,7-10,14H2,1-4H3. The molecule has 0 unspecified atom stereocenters. The first-order chi connectivity index (χ1) is 17.0. The van der Waals surface area contributed by atoms with Crippen molar-refractivity contribution in [1.82, 2.24) is 39.2 Å². The quantitative estimate of drug-likeness (QED) is 0.400. The number of aromatic amines is 1. The van der Waals surface area contributed by atoms with Gasteiger partial charge in [0.15, 0.2) is 11.5 Å². The largest absolute Gasteiger partial charge is 0.354 e. The van der Waals surface area contributed by atoms with Crippen molar-refractivity contribution in [3.63, 3.8) is 0 Å². The second-order valence-electron chi connectivity index (χ2n) is 10.2. The van der Waals surface area contributed by atoms with E-state index in [1.54, 1.807) is 17.3 Å². The van der Waals surface area contributed by atoms with E-state index in [0.29, 0.717) is 11.8 Å². The van der Waals surface area contributed by atoms with Gasteiger partial charge in [-0.05, 0) is 79.6 Å². The molecular weight excluding hydrogens is 436 g/mol. The molecule has 0 radical (unpaired) electrons. The van der Waals surface area contributed by atoms with Gasteiger partial charge in [0.1, 0.15) is 12.7 Å². The first-order valence-corrected chi connectivity index (χ1v) is 12.5. The van der Waals surface area contributed by atoms with Gasteiger partial charge in [-0.15, -0.1) is 10.2 Å². The monoisotopic (exact) mass is 468 g/mol. The van der Waals surface area contributed by atoms with E-state index in [2.05, 4.69) is 81.4 Å². The van der Waals surface area contributed by atoms with Crippen LogP contribution < -0.4 is 0 Å². The van der Waals surface area contributed by atoms with E-state index in [9.17, 15) is 0 Å². The average Bonchev–Trinajstić information content (AvgIpc) is 3.56. The molecule has 0 saturated carbocycles. The maximum Gasteiger partial charge on any atom is 0.164 e. The van der Waals surface area contributed by atoms with Crippen LogP contribution in [0.2, 0.25) is 0 Å². The molecule has 6 rings (SSSR count). The van der Waals surface area contributed by atoms with Crippen molar-refractivity contribution in [2.45, 2.75) is 52.0 Å². The molecule has 0 amide bonds. The molecule has 0 spiro atoms. The maximum atomic E-state index is 4.44. The van der Waals surface area contributed by atoms with Gasteiger partial charge >= 0.3 is 0 Å². The molecule has 1 saturated heterocycles. The molecule has 1 aliphatic rings. The molecule has 180 valence electrons. The Bertz CT molecular complexity index is 1500. The van der Waals surface area contributed by atoms with Crippen molar-refractivity contribution in [3.05, 3.63) is 65.6 Å². The van der Waals surface area contributed by atoms with Crippen LogP contribution in [0.4, 0.5) is 0 Å². The summed E-state index contributed by atoms with van der Waals surface area (Å²) < 4.78 is 3.78. The van der Waals surface area contributed by atoms with Crippen LogP contribution >= 0.6 is 0 Å². The Morgan fingerprint density at radius 2 is 1.94 bits per heavy atom. The summed E-state index contributed by atoms with van der Waals surface area (Å²) in [5, 5.41) is 14.0. The highest BCUT2D eigenvalue weighted by atomic mass is 15.3. The van der Waals surface area contributed by atoms with Crippen LogP contribution in [0.15, 0.2) is 43.1 Å². The number of H-pyrrole nitrogens is 1. The summed E-state index contributed by atoms with van der Waals surface area (Å²) in [5.41, 5.74) is 8.53. The number of rotatable bonds is 5. The Hall–Kier alpha value is -3.52. The van der Waals surface area contributed by atoms with E-state index in [1.807, 2.05) is 11.4 Å².